The van der Waals surface area contributed by atoms with Crippen molar-refractivity contribution in [3.8, 4) is 0 Å². The maximum atomic E-state index is 12.1. The van der Waals surface area contributed by atoms with Gasteiger partial charge in [0.2, 0.25) is 11.8 Å². The van der Waals surface area contributed by atoms with Crippen LogP contribution in [-0.2, 0) is 35.2 Å². The van der Waals surface area contributed by atoms with Crippen LogP contribution < -0.4 is 16.4 Å². The van der Waals surface area contributed by atoms with Gasteiger partial charge >= 0.3 is 6.09 Å². The molecular weight excluding hydrogens is 484 g/mol. The molecule has 12 nitrogen and oxygen atoms in total. The van der Waals surface area contributed by atoms with Crippen LogP contribution in [-0.4, -0.2) is 80.6 Å². The zero-order valence-corrected chi connectivity index (χ0v) is 22.1. The molecule has 0 bridgehead atoms. The number of benzene rings is 1. The highest BCUT2D eigenvalue weighted by atomic mass is 16.6. The van der Waals surface area contributed by atoms with Crippen LogP contribution in [0.25, 0.3) is 0 Å². The topological polar surface area (TPSA) is 174 Å². The second-order valence-electron chi connectivity index (χ2n) is 8.89. The van der Waals surface area contributed by atoms with Crippen molar-refractivity contribution in [3.63, 3.8) is 0 Å². The Morgan fingerprint density at radius 3 is 2.27 bits per heavy atom. The number of likely N-dealkylation sites (N-methyl/N-ethyl adjacent to an activating group) is 1. The first kappa shape index (κ1) is 33.4. The molecule has 1 rings (SSSR count). The lowest BCUT2D eigenvalue weighted by Crippen LogP contribution is -2.34. The molecular formula is C25H38N4O8. The van der Waals surface area contributed by atoms with Crippen molar-refractivity contribution in [2.75, 3.05) is 32.6 Å². The SMILES string of the molecule is CC(C)(C)OC(N)=O.CNC(=O)CCC(C=O)N(C)Cc1c(C=O)cccc1NC(=O)CCOCC=O. The van der Waals surface area contributed by atoms with Gasteiger partial charge in [0.05, 0.1) is 19.1 Å². The largest absolute Gasteiger partial charge is 0.444 e. The fourth-order valence-electron chi connectivity index (χ4n) is 2.98. The third-order valence-corrected chi connectivity index (χ3v) is 4.76. The summed E-state index contributed by atoms with van der Waals surface area (Å²) < 4.78 is 9.54. The number of amides is 3. The minimum Gasteiger partial charge on any atom is -0.444 e. The van der Waals surface area contributed by atoms with E-state index in [1.165, 1.54) is 7.05 Å². The van der Waals surface area contributed by atoms with Crippen LogP contribution in [0.15, 0.2) is 18.2 Å². The predicted octanol–water partition coefficient (Wildman–Crippen LogP) is 1.45. The van der Waals surface area contributed by atoms with Crippen molar-refractivity contribution in [3.05, 3.63) is 29.3 Å². The molecule has 37 heavy (non-hydrogen) atoms. The van der Waals surface area contributed by atoms with E-state index in [4.69, 9.17) is 10.5 Å². The summed E-state index contributed by atoms with van der Waals surface area (Å²) in [6, 6.07) is 4.42. The second-order valence-corrected chi connectivity index (χ2v) is 8.89. The number of nitrogens with two attached hydrogens (primary N) is 1. The number of ether oxygens (including phenoxy) is 2. The summed E-state index contributed by atoms with van der Waals surface area (Å²) in [4.78, 5) is 68.5. The van der Waals surface area contributed by atoms with E-state index in [1.54, 1.807) is 50.9 Å². The quantitative estimate of drug-likeness (QED) is 0.241. The number of anilines is 1. The molecule has 0 spiro atoms. The summed E-state index contributed by atoms with van der Waals surface area (Å²) in [5.74, 6) is -0.488. The number of aldehydes is 3. The lowest BCUT2D eigenvalue weighted by atomic mass is 10.0. The molecule has 0 aromatic heterocycles. The Kier molecular flexibility index (Phi) is 16.0. The molecule has 1 aromatic carbocycles. The predicted molar refractivity (Wildman–Crippen MR) is 137 cm³/mol. The molecule has 0 radical (unpaired) electrons. The molecule has 1 unspecified atom stereocenters. The van der Waals surface area contributed by atoms with E-state index in [1.807, 2.05) is 0 Å². The number of hydrogen-bond donors (Lipinski definition) is 3. The Morgan fingerprint density at radius 1 is 1.11 bits per heavy atom. The molecule has 0 saturated heterocycles. The van der Waals surface area contributed by atoms with Crippen molar-refractivity contribution in [2.45, 2.75) is 58.2 Å². The molecule has 0 aliphatic rings. The molecule has 4 N–H and O–H groups in total. The average Bonchev–Trinajstić information content (AvgIpc) is 2.81. The third-order valence-electron chi connectivity index (χ3n) is 4.76. The Labute approximate surface area is 217 Å². The Hall–Kier alpha value is -3.64. The first-order valence-electron chi connectivity index (χ1n) is 11.6. The smallest absolute Gasteiger partial charge is 0.405 e. The van der Waals surface area contributed by atoms with Gasteiger partial charge in [-0.2, -0.15) is 0 Å². The maximum absolute atomic E-state index is 12.1. The lowest BCUT2D eigenvalue weighted by Gasteiger charge is -2.25. The van der Waals surface area contributed by atoms with Gasteiger partial charge in [0.25, 0.3) is 0 Å². The van der Waals surface area contributed by atoms with Gasteiger partial charge in [-0.1, -0.05) is 12.1 Å². The molecule has 1 aromatic rings. The zero-order chi connectivity index (χ0) is 28.4. The minimum absolute atomic E-state index is 0.0531. The summed E-state index contributed by atoms with van der Waals surface area (Å²) >= 11 is 0. The van der Waals surface area contributed by atoms with E-state index in [-0.39, 0.29) is 44.4 Å². The minimum atomic E-state index is -0.725. The van der Waals surface area contributed by atoms with Crippen LogP contribution in [0.2, 0.25) is 0 Å². The first-order chi connectivity index (χ1) is 17.4. The van der Waals surface area contributed by atoms with E-state index >= 15 is 0 Å². The molecule has 3 amide bonds. The van der Waals surface area contributed by atoms with Gasteiger partial charge in [0.15, 0.2) is 0 Å². The highest BCUT2D eigenvalue weighted by Gasteiger charge is 2.19. The fraction of sp³-hybridized carbons (Fsp3) is 0.520. The van der Waals surface area contributed by atoms with Crippen molar-refractivity contribution in [2.24, 2.45) is 5.73 Å². The Morgan fingerprint density at radius 2 is 1.78 bits per heavy atom. The van der Waals surface area contributed by atoms with Crippen LogP contribution >= 0.6 is 0 Å². The molecule has 0 heterocycles. The summed E-state index contributed by atoms with van der Waals surface area (Å²) in [6.07, 6.45) is 1.91. The number of rotatable bonds is 14. The maximum Gasteiger partial charge on any atom is 0.405 e. The highest BCUT2D eigenvalue weighted by Crippen LogP contribution is 2.22. The van der Waals surface area contributed by atoms with E-state index in [0.717, 1.165) is 6.29 Å². The van der Waals surface area contributed by atoms with E-state index in [9.17, 15) is 28.8 Å². The Bertz CT molecular complexity index is 914. The molecule has 206 valence electrons. The molecule has 0 saturated carbocycles. The molecule has 12 heteroatoms. The van der Waals surface area contributed by atoms with Gasteiger partial charge in [-0.25, -0.2) is 4.79 Å². The summed E-state index contributed by atoms with van der Waals surface area (Å²) in [5.41, 5.74) is 5.68. The number of carbonyl (C=O) groups excluding carboxylic acids is 6. The number of hydrogen-bond acceptors (Lipinski definition) is 9. The number of primary amides is 1. The highest BCUT2D eigenvalue weighted by molar-refractivity contribution is 5.93. The molecule has 0 fully saturated rings. The standard InChI is InChI=1S/C20H27N3O6.C5H11NO2/c1-21-19(27)7-6-16(14-26)23(2)12-17-15(13-25)4-3-5-18(17)22-20(28)8-10-29-11-9-24;1-5(2,3)8-4(6)7/h3-5,9,13-14,16H,6-8,10-12H2,1-2H3,(H,21,27)(H,22,28);1-3H3,(H2,6,7). The van der Waals surface area contributed by atoms with Crippen molar-refractivity contribution in [1.29, 1.82) is 0 Å². The average molecular weight is 523 g/mol. The van der Waals surface area contributed by atoms with Gasteiger partial charge < -0.3 is 35.4 Å². The van der Waals surface area contributed by atoms with Crippen molar-refractivity contribution < 1.29 is 38.2 Å². The van der Waals surface area contributed by atoms with Crippen molar-refractivity contribution >= 4 is 42.5 Å². The molecule has 0 aliphatic carbocycles. The third kappa shape index (κ3) is 15.2. The second kappa shape index (κ2) is 17.7. The van der Waals surface area contributed by atoms with Gasteiger partial charge in [-0.15, -0.1) is 0 Å². The monoisotopic (exact) mass is 522 g/mol. The summed E-state index contributed by atoms with van der Waals surface area (Å²) in [6.45, 7) is 5.53. The van der Waals surface area contributed by atoms with Crippen LogP contribution in [0, 0.1) is 0 Å². The van der Waals surface area contributed by atoms with E-state index in [2.05, 4.69) is 15.4 Å². The van der Waals surface area contributed by atoms with Crippen molar-refractivity contribution in [1.82, 2.24) is 10.2 Å². The van der Waals surface area contributed by atoms with E-state index in [0.29, 0.717) is 35.8 Å². The number of carbonyl (C=O) groups is 6. The normalized spacial score (nSPS) is 11.4. The summed E-state index contributed by atoms with van der Waals surface area (Å²) in [5, 5.41) is 5.25. The van der Waals surface area contributed by atoms with Crippen LogP contribution in [0.5, 0.6) is 0 Å². The lowest BCUT2D eigenvalue weighted by molar-refractivity contribution is -0.121. The van der Waals surface area contributed by atoms with Crippen LogP contribution in [0.4, 0.5) is 10.5 Å². The number of nitrogens with zero attached hydrogens (tertiary/aromatic N) is 1. The molecule has 0 aliphatic heterocycles. The van der Waals surface area contributed by atoms with Crippen LogP contribution in [0.1, 0.15) is 56.0 Å². The van der Waals surface area contributed by atoms with Gasteiger partial charge in [0, 0.05) is 36.8 Å². The van der Waals surface area contributed by atoms with E-state index < -0.39 is 17.7 Å². The molecule has 1 atom stereocenters. The van der Waals surface area contributed by atoms with Crippen LogP contribution in [0.3, 0.4) is 0 Å². The summed E-state index contributed by atoms with van der Waals surface area (Å²) in [7, 11) is 3.24. The Balaban J connectivity index is 0.00000139. The van der Waals surface area contributed by atoms with Gasteiger partial charge in [0.1, 0.15) is 31.1 Å². The van der Waals surface area contributed by atoms with Gasteiger partial charge in [-0.3, -0.25) is 19.3 Å². The van der Waals surface area contributed by atoms with Gasteiger partial charge in [-0.05, 0) is 40.3 Å². The first-order valence-corrected chi connectivity index (χ1v) is 11.6. The zero-order valence-electron chi connectivity index (χ0n) is 22.1. The number of nitrogens with one attached hydrogen (secondary N) is 2. The fourth-order valence-corrected chi connectivity index (χ4v) is 2.98.